The quantitative estimate of drug-likeness (QED) is 0.680. The van der Waals surface area contributed by atoms with Gasteiger partial charge in [0.2, 0.25) is 0 Å². The lowest BCUT2D eigenvalue weighted by Crippen LogP contribution is -2.24. The fraction of sp³-hybridized carbons (Fsp3) is 0.375. The van der Waals surface area contributed by atoms with Crippen molar-refractivity contribution in [3.63, 3.8) is 0 Å². The van der Waals surface area contributed by atoms with Gasteiger partial charge in [0.1, 0.15) is 10.4 Å². The third-order valence-electron chi connectivity index (χ3n) is 3.52. The van der Waals surface area contributed by atoms with E-state index in [1.807, 2.05) is 25.1 Å². The van der Waals surface area contributed by atoms with Gasteiger partial charge < -0.3 is 19.9 Å². The van der Waals surface area contributed by atoms with Crippen LogP contribution in [0.3, 0.4) is 0 Å². The van der Waals surface area contributed by atoms with Crippen molar-refractivity contribution >= 4 is 46.9 Å². The molecule has 0 spiro atoms. The summed E-state index contributed by atoms with van der Waals surface area (Å²) in [7, 11) is 3.21. The van der Waals surface area contributed by atoms with Crippen LogP contribution in [0.25, 0.3) is 0 Å². The first-order valence-corrected chi connectivity index (χ1v) is 8.61. The Morgan fingerprint density at radius 1 is 1.17 bits per heavy atom. The smallest absolute Gasteiger partial charge is 0.161 e. The second-order valence-corrected chi connectivity index (χ2v) is 7.12. The second-order valence-electron chi connectivity index (χ2n) is 5.03. The average Bonchev–Trinajstić information content (AvgIpc) is 2.90. The number of hydrogen-bond donors (Lipinski definition) is 2. The van der Waals surface area contributed by atoms with E-state index in [0.717, 1.165) is 10.4 Å². The van der Waals surface area contributed by atoms with Crippen LogP contribution in [0, 0.1) is 0 Å². The molecular weight excluding hydrogens is 393 g/mol. The molecule has 2 rings (SSSR count). The summed E-state index contributed by atoms with van der Waals surface area (Å²) in [4.78, 5) is 0.743. The third kappa shape index (κ3) is 5.15. The Morgan fingerprint density at radius 3 is 2.38 bits per heavy atom. The molecule has 1 aromatic heterocycles. The zero-order valence-electron chi connectivity index (χ0n) is 13.5. The zero-order chi connectivity index (χ0) is 17.0. The summed E-state index contributed by atoms with van der Waals surface area (Å²) in [6.45, 7) is 2.41. The van der Waals surface area contributed by atoms with Crippen LogP contribution in [0.4, 0.5) is 0 Å². The van der Waals surface area contributed by atoms with Crippen molar-refractivity contribution in [2.45, 2.75) is 19.1 Å². The number of aliphatic hydroxyl groups excluding tert-OH is 1. The van der Waals surface area contributed by atoms with Crippen LogP contribution in [0.2, 0.25) is 9.36 Å². The van der Waals surface area contributed by atoms with Gasteiger partial charge in [0.25, 0.3) is 0 Å². The van der Waals surface area contributed by atoms with Crippen molar-refractivity contribution in [2.75, 3.05) is 20.8 Å². The number of hydrogen-bond acceptors (Lipinski definition) is 5. The van der Waals surface area contributed by atoms with Gasteiger partial charge in [-0.15, -0.1) is 23.7 Å². The highest BCUT2D eigenvalue weighted by molar-refractivity contribution is 7.17. The van der Waals surface area contributed by atoms with E-state index >= 15 is 0 Å². The molecule has 1 aromatic carbocycles. The molecule has 0 saturated heterocycles. The SMILES string of the molecule is COc1ccc(C(C)NCC(O)c2cc(Cl)c(Cl)s2)cc1OC.Cl. The molecule has 2 unspecified atom stereocenters. The molecule has 0 aliphatic heterocycles. The molecule has 24 heavy (non-hydrogen) atoms. The molecule has 0 saturated carbocycles. The van der Waals surface area contributed by atoms with Crippen molar-refractivity contribution in [3.05, 3.63) is 44.1 Å². The molecule has 2 N–H and O–H groups in total. The highest BCUT2D eigenvalue weighted by Crippen LogP contribution is 2.35. The Hall–Kier alpha value is -0.690. The minimum Gasteiger partial charge on any atom is -0.493 e. The standard InChI is InChI=1S/C16H19Cl2NO3S.ClH/c1-9(10-4-5-13(21-2)14(6-10)22-3)19-8-12(20)15-7-11(17)16(18)23-15;/h4-7,9,12,19-20H,8H2,1-3H3;1H. The fourth-order valence-electron chi connectivity index (χ4n) is 2.16. The Bertz CT molecular complexity index is 647. The van der Waals surface area contributed by atoms with E-state index in [2.05, 4.69) is 5.32 Å². The molecule has 2 atom stereocenters. The maximum atomic E-state index is 10.2. The van der Waals surface area contributed by atoms with Crippen molar-refractivity contribution in [2.24, 2.45) is 0 Å². The van der Waals surface area contributed by atoms with Gasteiger partial charge in [-0.3, -0.25) is 0 Å². The van der Waals surface area contributed by atoms with Crippen molar-refractivity contribution in [1.82, 2.24) is 5.32 Å². The number of aliphatic hydroxyl groups is 1. The van der Waals surface area contributed by atoms with Gasteiger partial charge in [0, 0.05) is 17.5 Å². The molecule has 4 nitrogen and oxygen atoms in total. The highest BCUT2D eigenvalue weighted by Gasteiger charge is 2.16. The van der Waals surface area contributed by atoms with E-state index in [1.165, 1.54) is 11.3 Å². The number of thiophene rings is 1. The predicted molar refractivity (Wildman–Crippen MR) is 103 cm³/mol. The average molecular weight is 413 g/mol. The fourth-order valence-corrected chi connectivity index (χ4v) is 3.54. The minimum atomic E-state index is -0.660. The van der Waals surface area contributed by atoms with Crippen LogP contribution in [0.15, 0.2) is 24.3 Å². The van der Waals surface area contributed by atoms with Gasteiger partial charge in [-0.2, -0.15) is 0 Å². The number of nitrogens with one attached hydrogen (secondary N) is 1. The van der Waals surface area contributed by atoms with Crippen LogP contribution in [-0.4, -0.2) is 25.9 Å². The first-order valence-electron chi connectivity index (χ1n) is 7.04. The Labute approximate surface area is 162 Å². The molecule has 0 aliphatic rings. The maximum absolute atomic E-state index is 10.2. The van der Waals surface area contributed by atoms with E-state index < -0.39 is 6.10 Å². The van der Waals surface area contributed by atoms with Crippen LogP contribution < -0.4 is 14.8 Å². The maximum Gasteiger partial charge on any atom is 0.161 e. The summed E-state index contributed by atoms with van der Waals surface area (Å²) in [6.07, 6.45) is -0.660. The topological polar surface area (TPSA) is 50.7 Å². The Morgan fingerprint density at radius 2 is 1.83 bits per heavy atom. The monoisotopic (exact) mass is 411 g/mol. The largest absolute Gasteiger partial charge is 0.493 e. The summed E-state index contributed by atoms with van der Waals surface area (Å²) in [6, 6.07) is 7.48. The van der Waals surface area contributed by atoms with Gasteiger partial charge in [0.05, 0.1) is 19.2 Å². The van der Waals surface area contributed by atoms with E-state index in [4.69, 9.17) is 32.7 Å². The molecule has 0 bridgehead atoms. The summed E-state index contributed by atoms with van der Waals surface area (Å²) in [5.74, 6) is 1.36. The molecule has 1 heterocycles. The molecular formula is C16H20Cl3NO3S. The molecule has 134 valence electrons. The van der Waals surface area contributed by atoms with Gasteiger partial charge in [-0.05, 0) is 30.7 Å². The minimum absolute atomic E-state index is 0. The van der Waals surface area contributed by atoms with E-state index in [0.29, 0.717) is 27.4 Å². The molecule has 0 amide bonds. The lowest BCUT2D eigenvalue weighted by Gasteiger charge is -2.18. The molecule has 2 aromatic rings. The number of benzene rings is 1. The number of methoxy groups -OCH3 is 2. The number of ether oxygens (including phenoxy) is 2. The lowest BCUT2D eigenvalue weighted by molar-refractivity contribution is 0.174. The summed E-state index contributed by atoms with van der Waals surface area (Å²) < 4.78 is 11.0. The van der Waals surface area contributed by atoms with E-state index in [-0.39, 0.29) is 18.4 Å². The van der Waals surface area contributed by atoms with E-state index in [1.54, 1.807) is 20.3 Å². The van der Waals surface area contributed by atoms with Crippen LogP contribution in [0.1, 0.15) is 29.5 Å². The van der Waals surface area contributed by atoms with Crippen LogP contribution in [0.5, 0.6) is 11.5 Å². The molecule has 0 aliphatic carbocycles. The summed E-state index contributed by atoms with van der Waals surface area (Å²) >= 11 is 13.1. The Kier molecular flexibility index (Phi) is 8.63. The highest BCUT2D eigenvalue weighted by atomic mass is 35.5. The lowest BCUT2D eigenvalue weighted by atomic mass is 10.1. The zero-order valence-corrected chi connectivity index (χ0v) is 16.7. The van der Waals surface area contributed by atoms with E-state index in [9.17, 15) is 5.11 Å². The number of rotatable bonds is 7. The second kappa shape index (κ2) is 9.70. The third-order valence-corrected chi connectivity index (χ3v) is 5.48. The number of halogens is 3. The first-order chi connectivity index (χ1) is 11.0. The first kappa shape index (κ1) is 21.4. The van der Waals surface area contributed by atoms with Gasteiger partial charge in [-0.1, -0.05) is 29.3 Å². The van der Waals surface area contributed by atoms with Crippen LogP contribution >= 0.6 is 46.9 Å². The predicted octanol–water partition coefficient (Wildman–Crippen LogP) is 4.88. The van der Waals surface area contributed by atoms with Crippen molar-refractivity contribution in [3.8, 4) is 11.5 Å². The summed E-state index contributed by atoms with van der Waals surface area (Å²) in [5, 5.41) is 14.0. The Balaban J connectivity index is 0.00000288. The molecule has 8 heteroatoms. The van der Waals surface area contributed by atoms with Gasteiger partial charge in [-0.25, -0.2) is 0 Å². The normalized spacial score (nSPS) is 13.1. The van der Waals surface area contributed by atoms with Crippen molar-refractivity contribution in [1.29, 1.82) is 0 Å². The van der Waals surface area contributed by atoms with Crippen LogP contribution in [-0.2, 0) is 0 Å². The van der Waals surface area contributed by atoms with Gasteiger partial charge in [0.15, 0.2) is 11.5 Å². The van der Waals surface area contributed by atoms with Gasteiger partial charge >= 0.3 is 0 Å². The summed E-state index contributed by atoms with van der Waals surface area (Å²) in [5.41, 5.74) is 1.04. The van der Waals surface area contributed by atoms with Crippen molar-refractivity contribution < 1.29 is 14.6 Å². The molecule has 0 fully saturated rings. The molecule has 0 radical (unpaired) electrons.